The highest BCUT2D eigenvalue weighted by Crippen LogP contribution is 2.54. The van der Waals surface area contributed by atoms with Crippen LogP contribution in [0.25, 0.3) is 32.1 Å². The summed E-state index contributed by atoms with van der Waals surface area (Å²) < 4.78 is 76.1. The van der Waals surface area contributed by atoms with E-state index in [1.165, 1.54) is 12.8 Å². The molecule has 1 spiro atoms. The van der Waals surface area contributed by atoms with Crippen molar-refractivity contribution in [3.8, 4) is 17.2 Å². The first-order valence-electron chi connectivity index (χ1n) is 15.0. The second kappa shape index (κ2) is 9.85. The van der Waals surface area contributed by atoms with E-state index in [1.807, 2.05) is 22.8 Å². The zero-order valence-electron chi connectivity index (χ0n) is 24.3. The van der Waals surface area contributed by atoms with Gasteiger partial charge in [-0.3, -0.25) is 4.90 Å². The number of aromatic nitrogens is 2. The van der Waals surface area contributed by atoms with Gasteiger partial charge in [0.1, 0.15) is 28.2 Å². The molecule has 8 rings (SSSR count). The van der Waals surface area contributed by atoms with Crippen LogP contribution < -0.4 is 20.9 Å². The highest BCUT2D eigenvalue weighted by Gasteiger charge is 2.55. The lowest BCUT2D eigenvalue weighted by atomic mass is 9.92. The molecular formula is C31H29F5N8S. The molecule has 3 saturated heterocycles. The van der Waals surface area contributed by atoms with Crippen LogP contribution in [0.15, 0.2) is 18.2 Å². The first kappa shape index (κ1) is 28.7. The van der Waals surface area contributed by atoms with Crippen LogP contribution in [0.3, 0.4) is 0 Å². The largest absolute Gasteiger partial charge is 0.417 e. The van der Waals surface area contributed by atoms with Crippen molar-refractivity contribution in [1.82, 2.24) is 20.2 Å². The number of halogens is 5. The van der Waals surface area contributed by atoms with Gasteiger partial charge in [0.05, 0.1) is 15.8 Å². The van der Waals surface area contributed by atoms with E-state index in [0.29, 0.717) is 44.2 Å². The summed E-state index contributed by atoms with van der Waals surface area (Å²) in [4.78, 5) is 15.6. The predicted molar refractivity (Wildman–Crippen MR) is 163 cm³/mol. The summed E-state index contributed by atoms with van der Waals surface area (Å²) in [7, 11) is 0. The molecule has 0 radical (unpaired) electrons. The Hall–Kier alpha value is -3.80. The van der Waals surface area contributed by atoms with Crippen molar-refractivity contribution < 1.29 is 22.0 Å². The second-order valence-corrected chi connectivity index (χ2v) is 13.9. The van der Waals surface area contributed by atoms with E-state index in [0.717, 1.165) is 42.6 Å². The number of alkyl halides is 3. The topological polar surface area (TPSA) is 97.3 Å². The Kier molecular flexibility index (Phi) is 6.27. The fourth-order valence-corrected chi connectivity index (χ4v) is 8.07. The van der Waals surface area contributed by atoms with Gasteiger partial charge in [-0.15, -0.1) is 11.3 Å². The SMILES string of the molecule is CC1CN(c2nc(N3CC(N4CC5(CC5)C4)C3)nc3c(F)c(-c4ccc(F)c5sc(N)c(C#N)c45)c(C(F)(F)F)cc23)CCN1. The Morgan fingerprint density at radius 3 is 2.53 bits per heavy atom. The highest BCUT2D eigenvalue weighted by molar-refractivity contribution is 7.23. The Morgan fingerprint density at radius 1 is 1.11 bits per heavy atom. The van der Waals surface area contributed by atoms with Crippen molar-refractivity contribution in [2.24, 2.45) is 5.41 Å². The number of nitrogens with zero attached hydrogens (tertiary/aromatic N) is 6. The zero-order valence-corrected chi connectivity index (χ0v) is 25.1. The van der Waals surface area contributed by atoms with Gasteiger partial charge >= 0.3 is 6.18 Å². The first-order valence-corrected chi connectivity index (χ1v) is 15.8. The molecule has 1 aliphatic carbocycles. The lowest BCUT2D eigenvalue weighted by molar-refractivity contribution is -0.137. The van der Waals surface area contributed by atoms with E-state index in [-0.39, 0.29) is 54.9 Å². The van der Waals surface area contributed by atoms with Gasteiger partial charge in [-0.25, -0.2) is 13.8 Å². The first-order chi connectivity index (χ1) is 21.5. The molecule has 0 bridgehead atoms. The van der Waals surface area contributed by atoms with Gasteiger partial charge in [0, 0.05) is 74.2 Å². The van der Waals surface area contributed by atoms with E-state index in [1.54, 1.807) is 0 Å². The Bertz CT molecular complexity index is 1920. The lowest BCUT2D eigenvalue weighted by Crippen LogP contribution is -2.66. The monoisotopic (exact) mass is 640 g/mol. The van der Waals surface area contributed by atoms with Gasteiger partial charge in [-0.2, -0.15) is 23.4 Å². The summed E-state index contributed by atoms with van der Waals surface area (Å²) in [5.41, 5.74) is 3.69. The summed E-state index contributed by atoms with van der Waals surface area (Å²) >= 11 is 0.740. The average molecular weight is 641 g/mol. The summed E-state index contributed by atoms with van der Waals surface area (Å²) in [6.07, 6.45) is -2.45. The highest BCUT2D eigenvalue weighted by atomic mass is 32.1. The molecule has 2 aromatic heterocycles. The maximum absolute atomic E-state index is 16.9. The fraction of sp³-hybridized carbons (Fsp3) is 0.452. The Labute approximate surface area is 259 Å². The Morgan fingerprint density at radius 2 is 1.87 bits per heavy atom. The number of fused-ring (bicyclic) bond motifs is 2. The number of likely N-dealkylation sites (tertiary alicyclic amines) is 1. The third-order valence-electron chi connectivity index (χ3n) is 9.77. The van der Waals surface area contributed by atoms with E-state index in [2.05, 4.69) is 15.2 Å². The van der Waals surface area contributed by atoms with E-state index < -0.39 is 28.9 Å². The van der Waals surface area contributed by atoms with E-state index >= 15 is 4.39 Å². The number of nitriles is 1. The maximum Gasteiger partial charge on any atom is 0.417 e. The molecule has 1 atom stereocenters. The van der Waals surface area contributed by atoms with Gasteiger partial charge in [-0.1, -0.05) is 6.07 Å². The molecule has 45 heavy (non-hydrogen) atoms. The molecule has 1 saturated carbocycles. The molecule has 0 amide bonds. The van der Waals surface area contributed by atoms with Gasteiger partial charge in [-0.05, 0) is 42.9 Å². The van der Waals surface area contributed by atoms with Crippen LogP contribution in [-0.2, 0) is 6.18 Å². The Balaban J connectivity index is 1.32. The molecule has 234 valence electrons. The molecule has 8 nitrogen and oxygen atoms in total. The number of nitrogens with two attached hydrogens (primary N) is 1. The van der Waals surface area contributed by atoms with Crippen LogP contribution in [0.2, 0.25) is 0 Å². The molecule has 4 fully saturated rings. The molecule has 14 heteroatoms. The van der Waals surface area contributed by atoms with Crippen molar-refractivity contribution in [2.45, 2.75) is 38.0 Å². The van der Waals surface area contributed by atoms with E-state index in [4.69, 9.17) is 10.7 Å². The molecule has 4 aliphatic rings. The summed E-state index contributed by atoms with van der Waals surface area (Å²) in [6, 6.07) is 5.17. The standard InChI is InChI=1S/C31H29F5N8S/c1-15-10-42(7-6-39-15)28-18-8-20(31(34,35)36)23(17-2-3-21(32)26-22(17)19(9-37)27(38)45-26)24(33)25(18)40-29(41-28)43-11-16(12-43)44-13-30(14-44)4-5-30/h2-3,8,15-16,39H,4-7,10-14,38H2,1H3. The van der Waals surface area contributed by atoms with Crippen LogP contribution in [0.5, 0.6) is 0 Å². The van der Waals surface area contributed by atoms with Crippen molar-refractivity contribution in [1.29, 1.82) is 5.26 Å². The van der Waals surface area contributed by atoms with Crippen molar-refractivity contribution in [2.75, 3.05) is 61.3 Å². The minimum Gasteiger partial charge on any atom is -0.389 e. The normalized spacial score (nSPS) is 21.8. The second-order valence-electron chi connectivity index (χ2n) is 12.9. The molecular weight excluding hydrogens is 611 g/mol. The predicted octanol–water partition coefficient (Wildman–Crippen LogP) is 5.34. The van der Waals surface area contributed by atoms with Crippen LogP contribution in [-0.4, -0.2) is 72.8 Å². The number of benzene rings is 2. The number of rotatable bonds is 4. The quantitative estimate of drug-likeness (QED) is 0.289. The minimum atomic E-state index is -4.99. The number of piperazine rings is 1. The number of thiophene rings is 1. The molecule has 3 aliphatic heterocycles. The average Bonchev–Trinajstić information content (AvgIpc) is 3.68. The number of nitrogen functional groups attached to an aromatic ring is 1. The van der Waals surface area contributed by atoms with Gasteiger partial charge < -0.3 is 20.9 Å². The third-order valence-corrected chi connectivity index (χ3v) is 10.8. The third kappa shape index (κ3) is 4.50. The van der Waals surface area contributed by atoms with Gasteiger partial charge in [0.2, 0.25) is 5.95 Å². The van der Waals surface area contributed by atoms with Crippen LogP contribution in [0.1, 0.15) is 30.9 Å². The van der Waals surface area contributed by atoms with Crippen molar-refractivity contribution >= 4 is 49.1 Å². The molecule has 1 unspecified atom stereocenters. The molecule has 3 N–H and O–H groups in total. The minimum absolute atomic E-state index is 0.0360. The van der Waals surface area contributed by atoms with Crippen LogP contribution >= 0.6 is 11.3 Å². The van der Waals surface area contributed by atoms with Gasteiger partial charge in [0.15, 0.2) is 5.82 Å². The number of nitrogens with one attached hydrogen (secondary N) is 1. The molecule has 2 aromatic carbocycles. The number of hydrogen-bond donors (Lipinski definition) is 2. The fourth-order valence-electron chi connectivity index (χ4n) is 7.12. The van der Waals surface area contributed by atoms with Crippen molar-refractivity contribution in [3.05, 3.63) is 41.0 Å². The maximum atomic E-state index is 16.9. The van der Waals surface area contributed by atoms with Crippen LogP contribution in [0, 0.1) is 28.4 Å². The van der Waals surface area contributed by atoms with E-state index in [9.17, 15) is 22.8 Å². The van der Waals surface area contributed by atoms with Crippen LogP contribution in [0.4, 0.5) is 38.7 Å². The van der Waals surface area contributed by atoms with Crippen molar-refractivity contribution in [3.63, 3.8) is 0 Å². The number of anilines is 3. The summed E-state index contributed by atoms with van der Waals surface area (Å²) in [6.45, 7) is 6.94. The molecule has 5 heterocycles. The zero-order chi connectivity index (χ0) is 31.4. The summed E-state index contributed by atoms with van der Waals surface area (Å²) in [5, 5.41) is 12.8. The summed E-state index contributed by atoms with van der Waals surface area (Å²) in [5.74, 6) is -1.47. The number of hydrogen-bond acceptors (Lipinski definition) is 9. The smallest absolute Gasteiger partial charge is 0.389 e. The van der Waals surface area contributed by atoms with Gasteiger partial charge in [0.25, 0.3) is 0 Å². The lowest BCUT2D eigenvalue weighted by Gasteiger charge is -2.52. The molecule has 4 aromatic rings.